The Balaban J connectivity index is 2.15. The van der Waals surface area contributed by atoms with E-state index in [9.17, 15) is 0 Å². The van der Waals surface area contributed by atoms with Gasteiger partial charge in [-0.05, 0) is 20.4 Å². The van der Waals surface area contributed by atoms with Crippen molar-refractivity contribution >= 4 is 5.96 Å². The minimum Gasteiger partial charge on any atom is -0.370 e. The molecule has 1 rings (SSSR count). The highest BCUT2D eigenvalue weighted by Crippen LogP contribution is 2.00. The molecule has 0 aromatic heterocycles. The van der Waals surface area contributed by atoms with Crippen molar-refractivity contribution in [3.63, 3.8) is 0 Å². The molecule has 1 heterocycles. The van der Waals surface area contributed by atoms with Crippen molar-refractivity contribution in [3.05, 3.63) is 0 Å². The highest BCUT2D eigenvalue weighted by molar-refractivity contribution is 5.78. The molecule has 1 aliphatic rings. The fourth-order valence-corrected chi connectivity index (χ4v) is 1.98. The van der Waals surface area contributed by atoms with Crippen molar-refractivity contribution in [2.45, 2.75) is 26.8 Å². The van der Waals surface area contributed by atoms with Crippen molar-refractivity contribution in [3.8, 4) is 0 Å². The number of rotatable bonds is 5. The van der Waals surface area contributed by atoms with Crippen molar-refractivity contribution < 1.29 is 0 Å². The first-order valence-corrected chi connectivity index (χ1v) is 6.63. The second-order valence-corrected chi connectivity index (χ2v) is 4.84. The van der Waals surface area contributed by atoms with E-state index in [1.807, 2.05) is 0 Å². The normalized spacial score (nSPS) is 19.9. The van der Waals surface area contributed by atoms with Gasteiger partial charge in [0, 0.05) is 38.8 Å². The van der Waals surface area contributed by atoms with E-state index in [4.69, 9.17) is 5.73 Å². The van der Waals surface area contributed by atoms with Crippen LogP contribution in [-0.2, 0) is 0 Å². The first kappa shape index (κ1) is 14.3. The first-order valence-electron chi connectivity index (χ1n) is 6.63. The second-order valence-electron chi connectivity index (χ2n) is 4.84. The van der Waals surface area contributed by atoms with E-state index >= 15 is 0 Å². The molecule has 0 radical (unpaired) electrons. The minimum atomic E-state index is 0.354. The van der Waals surface area contributed by atoms with E-state index in [0.29, 0.717) is 12.0 Å². The van der Waals surface area contributed by atoms with E-state index in [2.05, 4.69) is 40.9 Å². The molecule has 1 aliphatic heterocycles. The van der Waals surface area contributed by atoms with Gasteiger partial charge in [-0.3, -0.25) is 9.89 Å². The zero-order valence-electron chi connectivity index (χ0n) is 11.4. The van der Waals surface area contributed by atoms with E-state index in [-0.39, 0.29) is 0 Å². The average Bonchev–Trinajstić information content (AvgIpc) is 2.29. The number of hydrogen-bond donors (Lipinski definition) is 2. The summed E-state index contributed by atoms with van der Waals surface area (Å²) < 4.78 is 0. The van der Waals surface area contributed by atoms with E-state index in [0.717, 1.165) is 32.7 Å². The lowest BCUT2D eigenvalue weighted by Gasteiger charge is -2.33. The molecule has 0 saturated carbocycles. The Morgan fingerprint density at radius 2 is 1.82 bits per heavy atom. The second kappa shape index (κ2) is 7.50. The largest absolute Gasteiger partial charge is 0.370 e. The zero-order valence-corrected chi connectivity index (χ0v) is 11.4. The summed E-state index contributed by atoms with van der Waals surface area (Å²) in [5, 5.41) is 3.10. The molecule has 0 bridgehead atoms. The molecule has 0 aromatic rings. The van der Waals surface area contributed by atoms with Crippen molar-refractivity contribution in [1.29, 1.82) is 0 Å². The summed E-state index contributed by atoms with van der Waals surface area (Å²) in [6, 6.07) is 0.354. The summed E-state index contributed by atoms with van der Waals surface area (Å²) in [6.45, 7) is 14.0. The lowest BCUT2D eigenvalue weighted by molar-refractivity contribution is 0.140. The first-order chi connectivity index (χ1) is 8.11. The Morgan fingerprint density at radius 1 is 1.24 bits per heavy atom. The monoisotopic (exact) mass is 241 g/mol. The number of nitrogens with one attached hydrogen (secondary N) is 1. The Kier molecular flexibility index (Phi) is 6.29. The van der Waals surface area contributed by atoms with Crippen molar-refractivity contribution in [2.75, 3.05) is 45.8 Å². The van der Waals surface area contributed by atoms with E-state index < -0.39 is 0 Å². The van der Waals surface area contributed by atoms with Crippen LogP contribution < -0.4 is 11.1 Å². The Morgan fingerprint density at radius 3 is 2.35 bits per heavy atom. The van der Waals surface area contributed by atoms with Crippen LogP contribution in [0, 0.1) is 0 Å². The van der Waals surface area contributed by atoms with Gasteiger partial charge >= 0.3 is 0 Å². The maximum absolute atomic E-state index is 5.75. The molecule has 0 aromatic carbocycles. The van der Waals surface area contributed by atoms with Gasteiger partial charge in [0.2, 0.25) is 0 Å². The molecule has 5 heteroatoms. The molecular formula is C12H27N5. The van der Waals surface area contributed by atoms with Gasteiger partial charge in [0.15, 0.2) is 5.96 Å². The number of guanidine groups is 1. The smallest absolute Gasteiger partial charge is 0.188 e. The molecule has 17 heavy (non-hydrogen) atoms. The summed E-state index contributed by atoms with van der Waals surface area (Å²) in [5.41, 5.74) is 5.75. The summed E-state index contributed by atoms with van der Waals surface area (Å²) >= 11 is 0. The van der Waals surface area contributed by atoms with Gasteiger partial charge in [-0.15, -0.1) is 0 Å². The summed E-state index contributed by atoms with van der Waals surface area (Å²) in [7, 11) is 0. The van der Waals surface area contributed by atoms with Gasteiger partial charge in [-0.25, -0.2) is 0 Å². The standard InChI is InChI=1S/C12H27N5/c1-4-16-7-9-17(10-8-16)6-5-14-12(13)15-11(2)3/h11H,4-10H2,1-3H3,(H3,13,14,15). The number of nitrogens with two attached hydrogens (primary N) is 1. The lowest BCUT2D eigenvalue weighted by atomic mass is 10.3. The Bertz CT molecular complexity index is 231. The molecule has 3 N–H and O–H groups in total. The lowest BCUT2D eigenvalue weighted by Crippen LogP contribution is -2.47. The Hall–Kier alpha value is -0.810. The number of piperazine rings is 1. The zero-order chi connectivity index (χ0) is 12.7. The SMILES string of the molecule is CCN1CCN(CCN=C(N)NC(C)C)CC1. The predicted molar refractivity (Wildman–Crippen MR) is 73.3 cm³/mol. The summed E-state index contributed by atoms with van der Waals surface area (Å²) in [6.07, 6.45) is 0. The molecular weight excluding hydrogens is 214 g/mol. The fourth-order valence-electron chi connectivity index (χ4n) is 1.98. The summed E-state index contributed by atoms with van der Waals surface area (Å²) in [4.78, 5) is 9.26. The minimum absolute atomic E-state index is 0.354. The third kappa shape index (κ3) is 5.89. The molecule has 1 saturated heterocycles. The van der Waals surface area contributed by atoms with Gasteiger partial charge in [0.25, 0.3) is 0 Å². The van der Waals surface area contributed by atoms with Crippen molar-refractivity contribution in [1.82, 2.24) is 15.1 Å². The third-order valence-electron chi connectivity index (χ3n) is 3.05. The van der Waals surface area contributed by atoms with E-state index in [1.165, 1.54) is 13.1 Å². The van der Waals surface area contributed by atoms with Crippen LogP contribution in [0.15, 0.2) is 4.99 Å². The molecule has 5 nitrogen and oxygen atoms in total. The molecule has 100 valence electrons. The van der Waals surface area contributed by atoms with Crippen LogP contribution in [0.25, 0.3) is 0 Å². The fraction of sp³-hybridized carbons (Fsp3) is 0.917. The molecule has 0 amide bonds. The highest BCUT2D eigenvalue weighted by atomic mass is 15.3. The maximum atomic E-state index is 5.75. The van der Waals surface area contributed by atoms with Gasteiger partial charge in [-0.2, -0.15) is 0 Å². The molecule has 0 spiro atoms. The number of hydrogen-bond acceptors (Lipinski definition) is 3. The average molecular weight is 241 g/mol. The van der Waals surface area contributed by atoms with Crippen LogP contribution in [-0.4, -0.2) is 67.6 Å². The number of aliphatic imine (C=N–C) groups is 1. The topological polar surface area (TPSA) is 56.9 Å². The van der Waals surface area contributed by atoms with Gasteiger partial charge in [0.05, 0.1) is 6.54 Å². The van der Waals surface area contributed by atoms with Crippen LogP contribution in [0.4, 0.5) is 0 Å². The summed E-state index contributed by atoms with van der Waals surface area (Å²) in [5.74, 6) is 0.562. The van der Waals surface area contributed by atoms with Gasteiger partial charge in [-0.1, -0.05) is 6.92 Å². The molecule has 0 unspecified atom stereocenters. The van der Waals surface area contributed by atoms with Crippen LogP contribution in [0.1, 0.15) is 20.8 Å². The Labute approximate surface area is 105 Å². The van der Waals surface area contributed by atoms with Gasteiger partial charge in [0.1, 0.15) is 0 Å². The van der Waals surface area contributed by atoms with Crippen molar-refractivity contribution in [2.24, 2.45) is 10.7 Å². The van der Waals surface area contributed by atoms with Crippen LogP contribution in [0.5, 0.6) is 0 Å². The third-order valence-corrected chi connectivity index (χ3v) is 3.05. The van der Waals surface area contributed by atoms with Crippen LogP contribution >= 0.6 is 0 Å². The van der Waals surface area contributed by atoms with Crippen LogP contribution in [0.2, 0.25) is 0 Å². The predicted octanol–water partition coefficient (Wildman–Crippen LogP) is -0.0634. The quantitative estimate of drug-likeness (QED) is 0.523. The highest BCUT2D eigenvalue weighted by Gasteiger charge is 2.14. The molecule has 0 atom stereocenters. The van der Waals surface area contributed by atoms with Gasteiger partial charge < -0.3 is 16.0 Å². The number of nitrogens with zero attached hydrogens (tertiary/aromatic N) is 3. The van der Waals surface area contributed by atoms with Crippen LogP contribution in [0.3, 0.4) is 0 Å². The number of likely N-dealkylation sites (N-methyl/N-ethyl adjacent to an activating group) is 1. The van der Waals surface area contributed by atoms with E-state index in [1.54, 1.807) is 0 Å². The molecule has 1 fully saturated rings. The molecule has 0 aliphatic carbocycles. The maximum Gasteiger partial charge on any atom is 0.188 e.